The number of aliphatic hydroxyl groups is 3. The van der Waals surface area contributed by atoms with Gasteiger partial charge in [0.15, 0.2) is 11.5 Å². The van der Waals surface area contributed by atoms with Gasteiger partial charge in [-0.25, -0.2) is 15.0 Å². The van der Waals surface area contributed by atoms with Crippen molar-refractivity contribution in [1.29, 1.82) is 0 Å². The van der Waals surface area contributed by atoms with Crippen molar-refractivity contribution >= 4 is 32.2 Å². The summed E-state index contributed by atoms with van der Waals surface area (Å²) in [7, 11) is -11.8. The number of fused-ring (bicyclic) bond motifs is 1. The maximum absolute atomic E-state index is 12.4. The summed E-state index contributed by atoms with van der Waals surface area (Å²) in [4.78, 5) is 50.4. The van der Waals surface area contributed by atoms with Crippen molar-refractivity contribution < 1.29 is 48.8 Å². The van der Waals surface area contributed by atoms with E-state index >= 15 is 0 Å². The van der Waals surface area contributed by atoms with Gasteiger partial charge in [0.2, 0.25) is 0 Å². The second-order valence-corrected chi connectivity index (χ2v) is 9.22. The van der Waals surface area contributed by atoms with Crippen LogP contribution in [-0.4, -0.2) is 78.6 Å². The predicted octanol–water partition coefficient (Wildman–Crippen LogP) is -3.19. The lowest BCUT2D eigenvalue weighted by atomic mass is 10.1. The van der Waals surface area contributed by atoms with Crippen LogP contribution >= 0.6 is 15.2 Å². The predicted molar refractivity (Wildman–Crippen MR) is 84.7 cm³/mol. The number of anilines is 1. The summed E-state index contributed by atoms with van der Waals surface area (Å²) >= 11 is 0. The fraction of sp³-hybridized carbons (Fsp3) is 0.500. The number of aliphatic hydroxyl groups excluding tert-OH is 2. The van der Waals surface area contributed by atoms with Crippen LogP contribution in [-0.2, 0) is 19.3 Å². The van der Waals surface area contributed by atoms with Crippen molar-refractivity contribution in [1.82, 2.24) is 19.5 Å². The molecule has 2 aromatic heterocycles. The molecule has 15 nitrogen and oxygen atoms in total. The Bertz CT molecular complexity index is 988. The van der Waals surface area contributed by atoms with Crippen molar-refractivity contribution in [2.24, 2.45) is 0 Å². The monoisotopic (exact) mass is 427 g/mol. The number of nitrogens with two attached hydrogens (primary N) is 1. The quantitative estimate of drug-likeness (QED) is 0.224. The molecule has 17 heteroatoms. The van der Waals surface area contributed by atoms with Gasteiger partial charge in [0.05, 0.1) is 6.61 Å². The zero-order valence-electron chi connectivity index (χ0n) is 13.1. The average Bonchev–Trinajstić information content (AvgIpc) is 3.07. The van der Waals surface area contributed by atoms with E-state index in [-0.39, 0.29) is 11.3 Å². The second-order valence-electron chi connectivity index (χ2n) is 5.75. The minimum atomic E-state index is -5.93. The van der Waals surface area contributed by atoms with Gasteiger partial charge in [0.25, 0.3) is 10.8 Å². The number of aromatic nitrogens is 4. The smallest absolute Gasteiger partial charge is 0.382 e. The molecule has 9 N–H and O–H groups in total. The molecule has 2 aromatic rings. The fourth-order valence-corrected chi connectivity index (χ4v) is 6.14. The number of imidazole rings is 1. The molecule has 0 aromatic carbocycles. The van der Waals surface area contributed by atoms with E-state index in [9.17, 15) is 44.0 Å². The molecule has 1 aliphatic heterocycles. The number of rotatable bonds is 4. The molecule has 4 atom stereocenters. The number of nitrogens with zero attached hydrogens (tertiary/aromatic N) is 4. The minimum absolute atomic E-state index is 0.219. The molecule has 0 aliphatic carbocycles. The molecule has 1 saturated heterocycles. The van der Waals surface area contributed by atoms with Gasteiger partial charge >= 0.3 is 15.2 Å². The van der Waals surface area contributed by atoms with E-state index in [4.69, 9.17) is 10.5 Å². The first-order valence-corrected chi connectivity index (χ1v) is 10.3. The molecule has 0 radical (unpaired) electrons. The van der Waals surface area contributed by atoms with Crippen molar-refractivity contribution in [3.8, 4) is 0 Å². The van der Waals surface area contributed by atoms with Gasteiger partial charge in [-0.3, -0.25) is 13.7 Å². The van der Waals surface area contributed by atoms with Gasteiger partial charge in [0.1, 0.15) is 30.4 Å². The van der Waals surface area contributed by atoms with E-state index in [1.165, 1.54) is 0 Å². The highest BCUT2D eigenvalue weighted by molar-refractivity contribution is 7.58. The topological polar surface area (TPSA) is 255 Å². The fourth-order valence-electron chi connectivity index (χ4n) is 3.05. The van der Waals surface area contributed by atoms with Gasteiger partial charge in [-0.1, -0.05) is 0 Å². The van der Waals surface area contributed by atoms with Crippen molar-refractivity contribution in [3.63, 3.8) is 0 Å². The Hall–Kier alpha value is -1.51. The van der Waals surface area contributed by atoms with Crippen molar-refractivity contribution in [2.75, 3.05) is 12.3 Å². The van der Waals surface area contributed by atoms with Crippen LogP contribution in [0.5, 0.6) is 0 Å². The van der Waals surface area contributed by atoms with E-state index in [1.54, 1.807) is 0 Å². The Labute approximate surface area is 149 Å². The molecule has 3 heterocycles. The highest BCUT2D eigenvalue weighted by Crippen LogP contribution is 2.74. The maximum Gasteiger partial charge on any atom is 0.382 e. The van der Waals surface area contributed by atoms with Gasteiger partial charge in [-0.15, -0.1) is 0 Å². The first-order chi connectivity index (χ1) is 12.3. The lowest BCUT2D eigenvalue weighted by Crippen LogP contribution is -2.57. The van der Waals surface area contributed by atoms with E-state index in [0.29, 0.717) is 10.9 Å². The third kappa shape index (κ3) is 2.42. The first kappa shape index (κ1) is 20.2. The van der Waals surface area contributed by atoms with Gasteiger partial charge in [-0.05, 0) is 0 Å². The summed E-state index contributed by atoms with van der Waals surface area (Å²) < 4.78 is 29.9. The zero-order valence-corrected chi connectivity index (χ0v) is 14.9. The molecule has 27 heavy (non-hydrogen) atoms. The average molecular weight is 427 g/mol. The molecule has 0 saturated carbocycles. The lowest BCUT2D eigenvalue weighted by molar-refractivity contribution is -0.119. The van der Waals surface area contributed by atoms with Crippen LogP contribution in [0, 0.1) is 0 Å². The second kappa shape index (κ2) is 5.99. The van der Waals surface area contributed by atoms with Gasteiger partial charge in [0, 0.05) is 0 Å². The van der Waals surface area contributed by atoms with Crippen LogP contribution in [0.25, 0.3) is 11.2 Å². The van der Waals surface area contributed by atoms with Gasteiger partial charge in [-0.2, -0.15) is 0 Å². The summed E-state index contributed by atoms with van der Waals surface area (Å²) in [5.41, 5.74) is 1.33. The van der Waals surface area contributed by atoms with Crippen LogP contribution < -0.4 is 5.73 Å². The summed E-state index contributed by atoms with van der Waals surface area (Å²) in [5.74, 6) is -0.239. The van der Waals surface area contributed by atoms with E-state index in [2.05, 4.69) is 15.0 Å². The first-order valence-electron chi connectivity index (χ1n) is 7.07. The van der Waals surface area contributed by atoms with E-state index < -0.39 is 50.5 Å². The number of hydrogen-bond acceptors (Lipinski definition) is 10. The normalized spacial score (nSPS) is 32.3. The van der Waals surface area contributed by atoms with Crippen molar-refractivity contribution in [3.05, 3.63) is 12.7 Å². The standard InChI is InChI=1S/C10H15N5O10P2/c11-7-5-8(13-2-12-7)15(3-14-5)10(27(22,23)24)9(18,26(19,20)21)6(17)4(1-16)25-10/h2-4,6,16-18H,1H2,(H2,11,12,13)(H2,19,20,21)(H2,22,23,24)/t4-,6-,9+,10+/m1/s1. The van der Waals surface area contributed by atoms with E-state index in [1.807, 2.05) is 0 Å². The Morgan fingerprint density at radius 2 is 1.81 bits per heavy atom. The van der Waals surface area contributed by atoms with Crippen LogP contribution in [0.3, 0.4) is 0 Å². The largest absolute Gasteiger partial charge is 0.394 e. The molecule has 3 rings (SSSR count). The summed E-state index contributed by atoms with van der Waals surface area (Å²) in [5, 5.41) is 26.4. The summed E-state index contributed by atoms with van der Waals surface area (Å²) in [6, 6.07) is 0. The molecule has 0 spiro atoms. The Morgan fingerprint density at radius 3 is 2.33 bits per heavy atom. The minimum Gasteiger partial charge on any atom is -0.394 e. The number of ether oxygens (including phenoxy) is 1. The van der Waals surface area contributed by atoms with Crippen molar-refractivity contribution in [2.45, 2.75) is 23.0 Å². The number of nitrogen functional groups attached to an aromatic ring is 1. The van der Waals surface area contributed by atoms with E-state index in [0.717, 1.165) is 6.33 Å². The molecule has 0 unspecified atom stereocenters. The molecule has 150 valence electrons. The summed E-state index contributed by atoms with van der Waals surface area (Å²) in [6.45, 7) is -1.13. The molecule has 1 aliphatic rings. The Balaban J connectivity index is 2.48. The molecular formula is C10H15N5O10P2. The van der Waals surface area contributed by atoms with Crippen LogP contribution in [0.15, 0.2) is 12.7 Å². The maximum atomic E-state index is 12.4. The molecule has 0 bridgehead atoms. The lowest BCUT2D eigenvalue weighted by Gasteiger charge is -2.41. The number of hydrogen-bond donors (Lipinski definition) is 8. The summed E-state index contributed by atoms with van der Waals surface area (Å²) in [6.07, 6.45) is -3.03. The van der Waals surface area contributed by atoms with Gasteiger partial charge < -0.3 is 45.4 Å². The molecular weight excluding hydrogens is 412 g/mol. The Kier molecular flexibility index (Phi) is 4.49. The van der Waals surface area contributed by atoms with Crippen LogP contribution in [0.4, 0.5) is 5.82 Å². The zero-order chi connectivity index (χ0) is 20.4. The molecule has 1 fully saturated rings. The Morgan fingerprint density at radius 1 is 1.19 bits per heavy atom. The third-order valence-electron chi connectivity index (χ3n) is 4.27. The molecule has 0 amide bonds. The van der Waals surface area contributed by atoms with Crippen LogP contribution in [0.2, 0.25) is 0 Å². The highest BCUT2D eigenvalue weighted by atomic mass is 31.2. The SMILES string of the molecule is Nc1ncnc2c1ncn2[C@]1(P(=O)(O)O)O[C@H](CO)[C@@H](O)[C@]1(O)P(=O)(O)O. The third-order valence-corrected chi connectivity index (χ3v) is 7.35. The highest BCUT2D eigenvalue weighted by Gasteiger charge is 2.81. The van der Waals surface area contributed by atoms with Crippen LogP contribution in [0.1, 0.15) is 0 Å².